The number of amides is 1. The molecule has 1 aliphatic rings. The van der Waals surface area contributed by atoms with Gasteiger partial charge in [-0.1, -0.05) is 13.3 Å². The molecule has 1 aliphatic heterocycles. The Kier molecular flexibility index (Phi) is 4.89. The third-order valence-electron chi connectivity index (χ3n) is 2.73. The molecule has 1 saturated heterocycles. The molecule has 0 bridgehead atoms. The van der Waals surface area contributed by atoms with Gasteiger partial charge in [0.25, 0.3) is 5.91 Å². The third-order valence-corrected chi connectivity index (χ3v) is 2.73. The summed E-state index contributed by atoms with van der Waals surface area (Å²) in [4.78, 5) is 23.0. The zero-order valence-electron chi connectivity index (χ0n) is 10.2. The maximum Gasteiger partial charge on any atom is 0.329 e. The normalized spacial score (nSPS) is 23.8. The topological polar surface area (TPSA) is 84.9 Å². The maximum absolute atomic E-state index is 11.8. The predicted molar refractivity (Wildman–Crippen MR) is 59.7 cm³/mol. The minimum Gasteiger partial charge on any atom is -0.480 e. The number of carboxylic acids is 1. The van der Waals surface area contributed by atoms with E-state index in [1.165, 1.54) is 6.92 Å². The average molecular weight is 245 g/mol. The SMILES string of the molecule is CCCC(C)(NC(=O)C1COCCO1)C(=O)O. The highest BCUT2D eigenvalue weighted by Crippen LogP contribution is 2.14. The summed E-state index contributed by atoms with van der Waals surface area (Å²) >= 11 is 0. The lowest BCUT2D eigenvalue weighted by Crippen LogP contribution is -2.56. The lowest BCUT2D eigenvalue weighted by atomic mass is 9.96. The first-order valence-electron chi connectivity index (χ1n) is 5.74. The molecule has 6 heteroatoms. The minimum absolute atomic E-state index is 0.174. The molecular weight excluding hydrogens is 226 g/mol. The molecule has 1 amide bonds. The van der Waals surface area contributed by atoms with Gasteiger partial charge < -0.3 is 19.9 Å². The second-order valence-electron chi connectivity index (χ2n) is 4.31. The van der Waals surface area contributed by atoms with E-state index in [4.69, 9.17) is 14.6 Å². The molecule has 6 nitrogen and oxygen atoms in total. The van der Waals surface area contributed by atoms with Crippen molar-refractivity contribution < 1.29 is 24.2 Å². The minimum atomic E-state index is -1.24. The van der Waals surface area contributed by atoms with Crippen LogP contribution in [0, 0.1) is 0 Å². The molecule has 2 N–H and O–H groups in total. The molecule has 0 saturated carbocycles. The van der Waals surface area contributed by atoms with Crippen molar-refractivity contribution in [1.82, 2.24) is 5.32 Å². The highest BCUT2D eigenvalue weighted by molar-refractivity contribution is 5.88. The van der Waals surface area contributed by atoms with Crippen LogP contribution in [-0.4, -0.2) is 48.4 Å². The van der Waals surface area contributed by atoms with Crippen molar-refractivity contribution in [3.05, 3.63) is 0 Å². The van der Waals surface area contributed by atoms with Crippen molar-refractivity contribution in [2.75, 3.05) is 19.8 Å². The van der Waals surface area contributed by atoms with Crippen molar-refractivity contribution in [3.63, 3.8) is 0 Å². The number of carbonyl (C=O) groups excluding carboxylic acids is 1. The lowest BCUT2D eigenvalue weighted by Gasteiger charge is -2.29. The number of ether oxygens (including phenoxy) is 2. The number of hydrogen-bond donors (Lipinski definition) is 2. The molecule has 1 rings (SSSR count). The third kappa shape index (κ3) is 3.67. The molecule has 0 radical (unpaired) electrons. The summed E-state index contributed by atoms with van der Waals surface area (Å²) < 4.78 is 10.3. The van der Waals surface area contributed by atoms with Gasteiger partial charge in [0, 0.05) is 0 Å². The van der Waals surface area contributed by atoms with E-state index >= 15 is 0 Å². The summed E-state index contributed by atoms with van der Waals surface area (Å²) in [5.41, 5.74) is -1.24. The fourth-order valence-electron chi connectivity index (χ4n) is 1.71. The van der Waals surface area contributed by atoms with Gasteiger partial charge in [0.1, 0.15) is 5.54 Å². The van der Waals surface area contributed by atoms with Crippen LogP contribution in [0.1, 0.15) is 26.7 Å². The Bertz CT molecular complexity index is 288. The van der Waals surface area contributed by atoms with Crippen LogP contribution in [0.3, 0.4) is 0 Å². The smallest absolute Gasteiger partial charge is 0.329 e. The molecule has 0 aromatic heterocycles. The van der Waals surface area contributed by atoms with Crippen LogP contribution in [0.5, 0.6) is 0 Å². The quantitative estimate of drug-likeness (QED) is 0.720. The second kappa shape index (κ2) is 5.97. The van der Waals surface area contributed by atoms with Gasteiger partial charge in [-0.25, -0.2) is 4.79 Å². The van der Waals surface area contributed by atoms with Gasteiger partial charge in [0.15, 0.2) is 6.10 Å². The summed E-state index contributed by atoms with van der Waals surface area (Å²) in [6, 6.07) is 0. The Balaban J connectivity index is 2.60. The molecule has 1 heterocycles. The first-order chi connectivity index (χ1) is 7.99. The van der Waals surface area contributed by atoms with Gasteiger partial charge >= 0.3 is 5.97 Å². The van der Waals surface area contributed by atoms with Crippen molar-refractivity contribution in [3.8, 4) is 0 Å². The first kappa shape index (κ1) is 13.9. The van der Waals surface area contributed by atoms with Gasteiger partial charge in [0.2, 0.25) is 0 Å². The van der Waals surface area contributed by atoms with Gasteiger partial charge in [-0.2, -0.15) is 0 Å². The molecule has 0 aromatic carbocycles. The van der Waals surface area contributed by atoms with Gasteiger partial charge in [-0.15, -0.1) is 0 Å². The van der Waals surface area contributed by atoms with E-state index in [2.05, 4.69) is 5.32 Å². The van der Waals surface area contributed by atoms with Gasteiger partial charge in [0.05, 0.1) is 19.8 Å². The van der Waals surface area contributed by atoms with E-state index in [1.807, 2.05) is 6.92 Å². The van der Waals surface area contributed by atoms with Crippen LogP contribution in [0.4, 0.5) is 0 Å². The Labute approximate surface area is 100 Å². The Hall–Kier alpha value is -1.14. The molecule has 2 atom stereocenters. The highest BCUT2D eigenvalue weighted by atomic mass is 16.6. The first-order valence-corrected chi connectivity index (χ1v) is 5.74. The van der Waals surface area contributed by atoms with Crippen molar-refractivity contribution in [2.45, 2.75) is 38.3 Å². The zero-order chi connectivity index (χ0) is 12.9. The zero-order valence-corrected chi connectivity index (χ0v) is 10.2. The van der Waals surface area contributed by atoms with E-state index in [-0.39, 0.29) is 6.61 Å². The van der Waals surface area contributed by atoms with Crippen molar-refractivity contribution in [1.29, 1.82) is 0 Å². The molecule has 2 unspecified atom stereocenters. The van der Waals surface area contributed by atoms with Crippen LogP contribution in [0.25, 0.3) is 0 Å². The summed E-state index contributed by atoms with van der Waals surface area (Å²) in [6.07, 6.45) is 0.339. The summed E-state index contributed by atoms with van der Waals surface area (Å²) in [7, 11) is 0. The molecule has 17 heavy (non-hydrogen) atoms. The monoisotopic (exact) mass is 245 g/mol. The number of aliphatic carboxylic acids is 1. The number of rotatable bonds is 5. The standard InChI is InChI=1S/C11H19NO5/c1-3-4-11(2,10(14)15)12-9(13)8-7-16-5-6-17-8/h8H,3-7H2,1-2H3,(H,12,13)(H,14,15). The Morgan fingerprint density at radius 3 is 2.65 bits per heavy atom. The number of nitrogens with one attached hydrogen (secondary N) is 1. The number of hydrogen-bond acceptors (Lipinski definition) is 4. The van der Waals surface area contributed by atoms with Crippen LogP contribution in [0.15, 0.2) is 0 Å². The van der Waals surface area contributed by atoms with E-state index in [0.29, 0.717) is 26.1 Å². The maximum atomic E-state index is 11.8. The summed E-state index contributed by atoms with van der Waals surface area (Å²) in [6.45, 7) is 4.37. The summed E-state index contributed by atoms with van der Waals surface area (Å²) in [5.74, 6) is -1.47. The second-order valence-corrected chi connectivity index (χ2v) is 4.31. The predicted octanol–water partition coefficient (Wildman–Crippen LogP) is 0.161. The van der Waals surface area contributed by atoms with Crippen LogP contribution in [0.2, 0.25) is 0 Å². The van der Waals surface area contributed by atoms with Crippen LogP contribution < -0.4 is 5.32 Å². The van der Waals surface area contributed by atoms with E-state index < -0.39 is 23.5 Å². The Morgan fingerprint density at radius 1 is 1.47 bits per heavy atom. The Morgan fingerprint density at radius 2 is 2.18 bits per heavy atom. The molecule has 0 aromatic rings. The van der Waals surface area contributed by atoms with Gasteiger partial charge in [-0.05, 0) is 13.3 Å². The van der Waals surface area contributed by atoms with Crippen molar-refractivity contribution >= 4 is 11.9 Å². The molecular formula is C11H19NO5. The van der Waals surface area contributed by atoms with Gasteiger partial charge in [-0.3, -0.25) is 4.79 Å². The molecule has 1 fully saturated rings. The summed E-state index contributed by atoms with van der Waals surface area (Å²) in [5, 5.41) is 11.6. The highest BCUT2D eigenvalue weighted by Gasteiger charge is 2.36. The van der Waals surface area contributed by atoms with E-state index in [1.54, 1.807) is 0 Å². The van der Waals surface area contributed by atoms with E-state index in [0.717, 1.165) is 0 Å². The largest absolute Gasteiger partial charge is 0.480 e. The molecule has 0 aliphatic carbocycles. The fraction of sp³-hybridized carbons (Fsp3) is 0.818. The number of carbonyl (C=O) groups is 2. The van der Waals surface area contributed by atoms with Crippen molar-refractivity contribution in [2.24, 2.45) is 0 Å². The lowest BCUT2D eigenvalue weighted by molar-refractivity contribution is -0.156. The number of carboxylic acid groups (broad SMARTS) is 1. The van der Waals surface area contributed by atoms with Crippen LogP contribution >= 0.6 is 0 Å². The molecule has 0 spiro atoms. The van der Waals surface area contributed by atoms with E-state index in [9.17, 15) is 9.59 Å². The molecule has 98 valence electrons. The average Bonchev–Trinajstić information content (AvgIpc) is 2.30. The van der Waals surface area contributed by atoms with Crippen LogP contribution in [-0.2, 0) is 19.1 Å². The fourth-order valence-corrected chi connectivity index (χ4v) is 1.71.